The summed E-state index contributed by atoms with van der Waals surface area (Å²) < 4.78 is 0. The lowest BCUT2D eigenvalue weighted by Crippen LogP contribution is -2.57. The van der Waals surface area contributed by atoms with Crippen molar-refractivity contribution in [2.75, 3.05) is 0 Å². The van der Waals surface area contributed by atoms with Gasteiger partial charge in [-0.25, -0.2) is 4.99 Å². The molecule has 0 amide bonds. The molecule has 5 heteroatoms. The molecule has 2 heterocycles. The fourth-order valence-corrected chi connectivity index (χ4v) is 2.30. The highest BCUT2D eigenvalue weighted by Gasteiger charge is 2.37. The normalized spacial score (nSPS) is 23.9. The Morgan fingerprint density at radius 3 is 2.74 bits per heavy atom. The number of hydrogen-bond acceptors (Lipinski definition) is 5. The largest absolute Gasteiger partial charge is 0.384 e. The Kier molecular flexibility index (Phi) is 3.85. The van der Waals surface area contributed by atoms with Gasteiger partial charge < -0.3 is 11.1 Å². The molecule has 1 aliphatic heterocycles. The summed E-state index contributed by atoms with van der Waals surface area (Å²) in [6.07, 6.45) is 6.11. The van der Waals surface area contributed by atoms with E-state index in [1.54, 1.807) is 18.5 Å². The zero-order valence-electron chi connectivity index (χ0n) is 11.4. The Balaban J connectivity index is 2.36. The van der Waals surface area contributed by atoms with Crippen LogP contribution < -0.4 is 16.8 Å². The number of hydrogen-bond donors (Lipinski definition) is 3. The molecule has 102 valence electrons. The van der Waals surface area contributed by atoms with Crippen LogP contribution in [0.5, 0.6) is 0 Å². The molecule has 0 radical (unpaired) electrons. The maximum Gasteiger partial charge on any atom is 0.192 e. The average molecular weight is 259 g/mol. The second-order valence-corrected chi connectivity index (χ2v) is 5.28. The van der Waals surface area contributed by atoms with Crippen LogP contribution in [-0.4, -0.2) is 16.6 Å². The van der Waals surface area contributed by atoms with Gasteiger partial charge in [-0.1, -0.05) is 19.9 Å². The first-order valence-corrected chi connectivity index (χ1v) is 6.50. The third-order valence-corrected chi connectivity index (χ3v) is 3.17. The SMILES string of the molecule is CC(C)CC(c1ccccn1)C1(N)N=C(N)C=CN1. The van der Waals surface area contributed by atoms with E-state index in [-0.39, 0.29) is 5.92 Å². The number of rotatable bonds is 4. The molecule has 0 aliphatic carbocycles. The topological polar surface area (TPSA) is 89.3 Å². The summed E-state index contributed by atoms with van der Waals surface area (Å²) in [7, 11) is 0. The molecular formula is C14H21N5. The fraction of sp³-hybridized carbons (Fsp3) is 0.429. The summed E-state index contributed by atoms with van der Waals surface area (Å²) in [5.74, 6) is -0.0445. The summed E-state index contributed by atoms with van der Waals surface area (Å²) >= 11 is 0. The predicted octanol–water partition coefficient (Wildman–Crippen LogP) is 1.30. The lowest BCUT2D eigenvalue weighted by molar-refractivity contribution is 0.276. The summed E-state index contributed by atoms with van der Waals surface area (Å²) in [5.41, 5.74) is 13.1. The van der Waals surface area contributed by atoms with Gasteiger partial charge >= 0.3 is 0 Å². The Hall–Kier alpha value is -1.88. The zero-order chi connectivity index (χ0) is 13.9. The van der Waals surface area contributed by atoms with E-state index in [1.165, 1.54) is 0 Å². The summed E-state index contributed by atoms with van der Waals surface area (Å²) in [6.45, 7) is 4.32. The van der Waals surface area contributed by atoms with E-state index in [9.17, 15) is 0 Å². The number of aliphatic imine (C=N–C) groups is 1. The molecule has 0 aromatic carbocycles. The van der Waals surface area contributed by atoms with Gasteiger partial charge in [-0.2, -0.15) is 0 Å². The summed E-state index contributed by atoms with van der Waals surface area (Å²) in [6, 6.07) is 5.84. The minimum atomic E-state index is -0.933. The van der Waals surface area contributed by atoms with Crippen LogP contribution in [0.25, 0.3) is 0 Å². The average Bonchev–Trinajstić information content (AvgIpc) is 2.36. The van der Waals surface area contributed by atoms with Crippen LogP contribution >= 0.6 is 0 Å². The van der Waals surface area contributed by atoms with E-state index in [4.69, 9.17) is 11.5 Å². The smallest absolute Gasteiger partial charge is 0.192 e. The van der Waals surface area contributed by atoms with Gasteiger partial charge in [0.2, 0.25) is 0 Å². The first kappa shape index (κ1) is 13.5. The van der Waals surface area contributed by atoms with Gasteiger partial charge in [0, 0.05) is 18.1 Å². The van der Waals surface area contributed by atoms with Gasteiger partial charge in [-0.15, -0.1) is 0 Å². The van der Waals surface area contributed by atoms with E-state index < -0.39 is 5.79 Å². The Labute approximate surface area is 113 Å². The molecular weight excluding hydrogens is 238 g/mol. The van der Waals surface area contributed by atoms with Crippen molar-refractivity contribution >= 4 is 5.84 Å². The molecule has 0 saturated heterocycles. The molecule has 1 aliphatic rings. The van der Waals surface area contributed by atoms with Crippen LogP contribution in [0.2, 0.25) is 0 Å². The lowest BCUT2D eigenvalue weighted by Gasteiger charge is -2.36. The zero-order valence-corrected chi connectivity index (χ0v) is 11.4. The van der Waals surface area contributed by atoms with Crippen molar-refractivity contribution in [3.05, 3.63) is 42.4 Å². The highest BCUT2D eigenvalue weighted by atomic mass is 15.3. The van der Waals surface area contributed by atoms with E-state index in [2.05, 4.69) is 29.1 Å². The van der Waals surface area contributed by atoms with Crippen LogP contribution in [0.1, 0.15) is 31.9 Å². The molecule has 19 heavy (non-hydrogen) atoms. The van der Waals surface area contributed by atoms with E-state index in [1.807, 2.05) is 18.2 Å². The molecule has 0 spiro atoms. The van der Waals surface area contributed by atoms with Crippen molar-refractivity contribution in [2.45, 2.75) is 32.0 Å². The first-order valence-electron chi connectivity index (χ1n) is 6.50. The lowest BCUT2D eigenvalue weighted by atomic mass is 9.87. The number of nitrogens with one attached hydrogen (secondary N) is 1. The Morgan fingerprint density at radius 2 is 2.16 bits per heavy atom. The summed E-state index contributed by atoms with van der Waals surface area (Å²) in [5, 5.41) is 3.12. The highest BCUT2D eigenvalue weighted by molar-refractivity contribution is 5.92. The number of pyridine rings is 1. The highest BCUT2D eigenvalue weighted by Crippen LogP contribution is 2.31. The molecule has 2 rings (SSSR count). The standard InChI is InChI=1S/C14H21N5/c1-10(2)9-11(12-5-3-4-7-17-12)14(16)18-8-6-13(15)19-14/h3-8,10-11,18H,9,16H2,1-2H3,(H2,15,19). The van der Waals surface area contributed by atoms with E-state index in [0.29, 0.717) is 11.8 Å². The van der Waals surface area contributed by atoms with Gasteiger partial charge in [0.05, 0.1) is 5.92 Å². The van der Waals surface area contributed by atoms with Crippen molar-refractivity contribution in [3.63, 3.8) is 0 Å². The number of aromatic nitrogens is 1. The fourth-order valence-electron chi connectivity index (χ4n) is 2.30. The molecule has 0 bridgehead atoms. The van der Waals surface area contributed by atoms with Crippen molar-refractivity contribution in [2.24, 2.45) is 22.4 Å². The first-order chi connectivity index (χ1) is 9.01. The second-order valence-electron chi connectivity index (χ2n) is 5.28. The minimum Gasteiger partial charge on any atom is -0.384 e. The maximum atomic E-state index is 6.40. The van der Waals surface area contributed by atoms with Gasteiger partial charge in [-0.05, 0) is 30.5 Å². The van der Waals surface area contributed by atoms with Crippen LogP contribution in [0.15, 0.2) is 41.7 Å². The van der Waals surface area contributed by atoms with Crippen LogP contribution in [0.4, 0.5) is 0 Å². The van der Waals surface area contributed by atoms with Crippen molar-refractivity contribution < 1.29 is 0 Å². The van der Waals surface area contributed by atoms with Crippen molar-refractivity contribution in [1.29, 1.82) is 0 Å². The molecule has 2 atom stereocenters. The number of amidine groups is 1. The molecule has 1 aromatic rings. The van der Waals surface area contributed by atoms with Gasteiger partial charge in [0.15, 0.2) is 5.79 Å². The molecule has 0 saturated carbocycles. The molecule has 0 fully saturated rings. The van der Waals surface area contributed by atoms with Gasteiger partial charge in [-0.3, -0.25) is 10.7 Å². The quantitative estimate of drug-likeness (QED) is 0.760. The molecule has 1 aromatic heterocycles. The second kappa shape index (κ2) is 5.40. The predicted molar refractivity (Wildman–Crippen MR) is 77.2 cm³/mol. The monoisotopic (exact) mass is 259 g/mol. The third kappa shape index (κ3) is 3.12. The van der Waals surface area contributed by atoms with E-state index >= 15 is 0 Å². The van der Waals surface area contributed by atoms with E-state index in [0.717, 1.165) is 12.1 Å². The van der Waals surface area contributed by atoms with Gasteiger partial charge in [0.25, 0.3) is 0 Å². The minimum absolute atomic E-state index is 0.0304. The Morgan fingerprint density at radius 1 is 1.37 bits per heavy atom. The van der Waals surface area contributed by atoms with Crippen molar-refractivity contribution in [1.82, 2.24) is 10.3 Å². The van der Waals surface area contributed by atoms with Crippen LogP contribution in [0.3, 0.4) is 0 Å². The van der Waals surface area contributed by atoms with Crippen LogP contribution in [0, 0.1) is 5.92 Å². The number of nitrogens with zero attached hydrogens (tertiary/aromatic N) is 2. The summed E-state index contributed by atoms with van der Waals surface area (Å²) in [4.78, 5) is 8.80. The Bertz CT molecular complexity index is 480. The van der Waals surface area contributed by atoms with Crippen molar-refractivity contribution in [3.8, 4) is 0 Å². The maximum absolute atomic E-state index is 6.40. The van der Waals surface area contributed by atoms with Crippen LogP contribution in [-0.2, 0) is 0 Å². The number of nitrogens with two attached hydrogens (primary N) is 2. The molecule has 5 nitrogen and oxygen atoms in total. The molecule has 2 unspecified atom stereocenters. The molecule has 5 N–H and O–H groups in total. The van der Waals surface area contributed by atoms with Gasteiger partial charge in [0.1, 0.15) is 5.84 Å². The third-order valence-electron chi connectivity index (χ3n) is 3.17.